The highest BCUT2D eigenvalue weighted by atomic mass is 16.5. The van der Waals surface area contributed by atoms with Crippen LogP contribution >= 0.6 is 0 Å². The Morgan fingerprint density at radius 2 is 2.03 bits per heavy atom. The lowest BCUT2D eigenvalue weighted by Gasteiger charge is -2.26. The van der Waals surface area contributed by atoms with Gasteiger partial charge in [0.05, 0.1) is 18.1 Å². The van der Waals surface area contributed by atoms with E-state index in [9.17, 15) is 0 Å². The molecule has 0 saturated carbocycles. The summed E-state index contributed by atoms with van der Waals surface area (Å²) in [5.74, 6) is 2.48. The van der Waals surface area contributed by atoms with Crippen molar-refractivity contribution in [1.29, 1.82) is 0 Å². The van der Waals surface area contributed by atoms with Gasteiger partial charge in [-0.25, -0.2) is 4.98 Å². The third-order valence-corrected chi connectivity index (χ3v) is 5.16. The zero-order valence-electron chi connectivity index (χ0n) is 16.9. The minimum Gasteiger partial charge on any atom is -0.497 e. The number of hydrogen-bond donors (Lipinski definition) is 4. The third-order valence-electron chi connectivity index (χ3n) is 5.16. The van der Waals surface area contributed by atoms with E-state index in [0.29, 0.717) is 13.0 Å². The fourth-order valence-corrected chi connectivity index (χ4v) is 3.44. The van der Waals surface area contributed by atoms with Gasteiger partial charge < -0.3 is 20.4 Å². The Morgan fingerprint density at radius 1 is 1.17 bits per heavy atom. The van der Waals surface area contributed by atoms with E-state index in [4.69, 9.17) is 10.5 Å². The van der Waals surface area contributed by atoms with Crippen LogP contribution in [0.15, 0.2) is 47.5 Å². The van der Waals surface area contributed by atoms with Gasteiger partial charge in [0.15, 0.2) is 6.29 Å². The number of nitrogens with zero attached hydrogens (tertiary/aromatic N) is 2. The number of nitrogens with two attached hydrogens (primary N) is 1. The van der Waals surface area contributed by atoms with Gasteiger partial charge in [0.2, 0.25) is 0 Å². The van der Waals surface area contributed by atoms with Gasteiger partial charge in [0, 0.05) is 36.4 Å². The minimum absolute atomic E-state index is 0.382. The maximum Gasteiger partial charge on any atom is 0.151 e. The molecule has 3 aromatic rings. The van der Waals surface area contributed by atoms with Gasteiger partial charge in [0.1, 0.15) is 17.4 Å². The van der Waals surface area contributed by atoms with Gasteiger partial charge in [-0.05, 0) is 37.1 Å². The molecule has 4 rings (SSSR count). The van der Waals surface area contributed by atoms with Crippen molar-refractivity contribution in [2.45, 2.75) is 26.6 Å². The number of benzene rings is 2. The van der Waals surface area contributed by atoms with Crippen LogP contribution in [0.5, 0.6) is 5.75 Å². The first-order chi connectivity index (χ1) is 14.0. The molecule has 0 bridgehead atoms. The van der Waals surface area contributed by atoms with Crippen LogP contribution in [0.4, 0.5) is 0 Å². The molecule has 1 aromatic heterocycles. The number of nitrogens with one attached hydrogen (secondary N) is 3. The summed E-state index contributed by atoms with van der Waals surface area (Å²) in [5.41, 5.74) is 12.6. The predicted octanol–water partition coefficient (Wildman–Crippen LogP) is 2.61. The fraction of sp³-hybridized carbons (Fsp3) is 0.273. The van der Waals surface area contributed by atoms with E-state index < -0.39 is 0 Å². The van der Waals surface area contributed by atoms with E-state index >= 15 is 0 Å². The molecule has 1 atom stereocenters. The van der Waals surface area contributed by atoms with Crippen LogP contribution in [0.2, 0.25) is 0 Å². The summed E-state index contributed by atoms with van der Waals surface area (Å²) in [6.45, 7) is 4.83. The van der Waals surface area contributed by atoms with E-state index in [0.717, 1.165) is 39.7 Å². The van der Waals surface area contributed by atoms with Crippen LogP contribution in [-0.4, -0.2) is 35.7 Å². The number of aromatic nitrogens is 2. The average molecular weight is 390 g/mol. The maximum atomic E-state index is 6.13. The van der Waals surface area contributed by atoms with E-state index in [1.807, 2.05) is 24.3 Å². The summed E-state index contributed by atoms with van der Waals surface area (Å²) in [4.78, 5) is 12.6. The largest absolute Gasteiger partial charge is 0.497 e. The topological polar surface area (TPSA) is 100 Å². The summed E-state index contributed by atoms with van der Waals surface area (Å²) >= 11 is 0. The number of methoxy groups -OCH3 is 1. The van der Waals surface area contributed by atoms with E-state index in [-0.39, 0.29) is 6.29 Å². The number of ether oxygens (including phenoxy) is 1. The third kappa shape index (κ3) is 4.09. The zero-order valence-corrected chi connectivity index (χ0v) is 16.9. The lowest BCUT2D eigenvalue weighted by Crippen LogP contribution is -2.53. The normalized spacial score (nSPS) is 17.7. The van der Waals surface area contributed by atoms with Crippen LogP contribution in [0.3, 0.4) is 0 Å². The molecule has 150 valence electrons. The van der Waals surface area contributed by atoms with Crippen molar-refractivity contribution in [3.8, 4) is 5.75 Å². The SMILES string of the molecule is COc1ccc2nc(CCN=C3C=C(c4cccc(C)c4C)NC(N)N3)[nH]c2c1. The molecule has 0 spiro atoms. The minimum atomic E-state index is -0.382. The van der Waals surface area contributed by atoms with E-state index in [1.165, 1.54) is 11.1 Å². The number of fused-ring (bicyclic) bond motifs is 1. The Kier molecular flexibility index (Phi) is 5.22. The molecule has 7 heteroatoms. The molecule has 2 aromatic carbocycles. The Morgan fingerprint density at radius 3 is 2.86 bits per heavy atom. The van der Waals surface area contributed by atoms with Crippen molar-refractivity contribution >= 4 is 22.6 Å². The van der Waals surface area contributed by atoms with Gasteiger partial charge in [0.25, 0.3) is 0 Å². The molecule has 0 aliphatic carbocycles. The molecular weight excluding hydrogens is 364 g/mol. The Labute approximate surface area is 170 Å². The zero-order chi connectivity index (χ0) is 20.4. The molecule has 1 unspecified atom stereocenters. The van der Waals surface area contributed by atoms with Crippen molar-refractivity contribution in [1.82, 2.24) is 20.6 Å². The standard InChI is InChI=1S/C22H26N6O/c1-13-5-4-6-16(14(13)2)18-12-21(28-22(23)27-18)24-10-9-20-25-17-8-7-15(29-3)11-19(17)26-20/h4-8,11-12,22,27H,9-10,23H2,1-3H3,(H,24,28)(H,25,26). The number of aliphatic imine (C=N–C) groups is 1. The van der Waals surface area contributed by atoms with Crippen LogP contribution in [0, 0.1) is 13.8 Å². The molecule has 0 fully saturated rings. The van der Waals surface area contributed by atoms with Crippen molar-refractivity contribution in [2.75, 3.05) is 13.7 Å². The van der Waals surface area contributed by atoms with Gasteiger partial charge in [-0.3, -0.25) is 10.7 Å². The van der Waals surface area contributed by atoms with Crippen LogP contribution in [-0.2, 0) is 6.42 Å². The number of imidazole rings is 1. The van der Waals surface area contributed by atoms with Crippen molar-refractivity contribution < 1.29 is 4.74 Å². The highest BCUT2D eigenvalue weighted by Gasteiger charge is 2.16. The molecule has 1 aliphatic heterocycles. The number of hydrogen-bond acceptors (Lipinski definition) is 5. The summed E-state index contributed by atoms with van der Waals surface area (Å²) < 4.78 is 5.26. The average Bonchev–Trinajstić information content (AvgIpc) is 3.11. The molecule has 2 heterocycles. The van der Waals surface area contributed by atoms with Crippen molar-refractivity contribution in [3.05, 3.63) is 65.0 Å². The summed E-state index contributed by atoms with van der Waals surface area (Å²) in [6.07, 6.45) is 2.33. The smallest absolute Gasteiger partial charge is 0.151 e. The second kappa shape index (κ2) is 7.97. The Balaban J connectivity index is 1.51. The number of rotatable bonds is 5. The summed E-state index contributed by atoms with van der Waals surface area (Å²) in [5, 5.41) is 6.46. The van der Waals surface area contributed by atoms with E-state index in [2.05, 4.69) is 57.6 Å². The first-order valence-corrected chi connectivity index (χ1v) is 9.67. The second-order valence-corrected chi connectivity index (χ2v) is 7.16. The number of H-pyrrole nitrogens is 1. The molecule has 1 aliphatic rings. The number of aryl methyl sites for hydroxylation is 1. The molecule has 29 heavy (non-hydrogen) atoms. The van der Waals surface area contributed by atoms with Gasteiger partial charge in [-0.1, -0.05) is 18.2 Å². The van der Waals surface area contributed by atoms with Gasteiger partial charge >= 0.3 is 0 Å². The van der Waals surface area contributed by atoms with Crippen LogP contribution in [0.25, 0.3) is 16.7 Å². The molecular formula is C22H26N6O. The first-order valence-electron chi connectivity index (χ1n) is 9.67. The molecule has 0 saturated heterocycles. The fourth-order valence-electron chi connectivity index (χ4n) is 3.44. The Bertz CT molecular complexity index is 1100. The lowest BCUT2D eigenvalue weighted by atomic mass is 10.00. The molecule has 7 nitrogen and oxygen atoms in total. The number of aromatic amines is 1. The molecule has 0 amide bonds. The quantitative estimate of drug-likeness (QED) is 0.537. The van der Waals surface area contributed by atoms with Crippen LogP contribution < -0.4 is 21.1 Å². The number of amidine groups is 1. The van der Waals surface area contributed by atoms with E-state index in [1.54, 1.807) is 7.11 Å². The monoisotopic (exact) mass is 390 g/mol. The molecule has 5 N–H and O–H groups in total. The first kappa shape index (κ1) is 19.0. The highest BCUT2D eigenvalue weighted by Crippen LogP contribution is 2.21. The van der Waals surface area contributed by atoms with Gasteiger partial charge in [-0.15, -0.1) is 0 Å². The highest BCUT2D eigenvalue weighted by molar-refractivity contribution is 6.00. The summed E-state index contributed by atoms with van der Waals surface area (Å²) in [7, 11) is 1.66. The summed E-state index contributed by atoms with van der Waals surface area (Å²) in [6, 6.07) is 12.1. The molecule has 0 radical (unpaired) electrons. The second-order valence-electron chi connectivity index (χ2n) is 7.16. The van der Waals surface area contributed by atoms with Crippen LogP contribution in [0.1, 0.15) is 22.5 Å². The predicted molar refractivity (Wildman–Crippen MR) is 117 cm³/mol. The van der Waals surface area contributed by atoms with Gasteiger partial charge in [-0.2, -0.15) is 0 Å². The van der Waals surface area contributed by atoms with Crippen molar-refractivity contribution in [3.63, 3.8) is 0 Å². The maximum absolute atomic E-state index is 6.13. The van der Waals surface area contributed by atoms with Crippen molar-refractivity contribution in [2.24, 2.45) is 10.7 Å². The Hall–Kier alpha value is -3.32. The lowest BCUT2D eigenvalue weighted by molar-refractivity contribution is 0.415.